The van der Waals surface area contributed by atoms with Gasteiger partial charge in [-0.25, -0.2) is 4.98 Å². The van der Waals surface area contributed by atoms with Gasteiger partial charge in [0.1, 0.15) is 5.82 Å². The van der Waals surface area contributed by atoms with E-state index in [-0.39, 0.29) is 23.8 Å². The molecule has 0 aromatic carbocycles. The van der Waals surface area contributed by atoms with E-state index in [9.17, 15) is 22.8 Å². The van der Waals surface area contributed by atoms with Crippen molar-refractivity contribution in [2.45, 2.75) is 44.9 Å². The standard InChI is InChI=1S/C22H25F3N4O3/c1-13(15-5-6-18(28(2)11-15)32-10-8-22(23,24)25)29-12-17-16(21(29)31)7-9-26-19(17)27-20(30)14-3-4-14/h5-7,9,13-14H,3-4,8,10-12H2,1-2H3,(H,26,27,30). The Balaban J connectivity index is 1.44. The van der Waals surface area contributed by atoms with E-state index in [1.807, 2.05) is 6.92 Å². The van der Waals surface area contributed by atoms with Crippen molar-refractivity contribution in [1.82, 2.24) is 14.8 Å². The summed E-state index contributed by atoms with van der Waals surface area (Å²) < 4.78 is 42.3. The van der Waals surface area contributed by atoms with Gasteiger partial charge in [-0.15, -0.1) is 0 Å². The molecule has 4 rings (SSSR count). The highest BCUT2D eigenvalue weighted by molar-refractivity contribution is 6.02. The summed E-state index contributed by atoms with van der Waals surface area (Å²) in [5.41, 5.74) is 2.15. The number of rotatable bonds is 7. The molecule has 2 aliphatic heterocycles. The van der Waals surface area contributed by atoms with Crippen LogP contribution in [0.3, 0.4) is 0 Å². The number of hydrogen-bond donors (Lipinski definition) is 1. The molecule has 7 nitrogen and oxygen atoms in total. The Bertz CT molecular complexity index is 985. The number of fused-ring (bicyclic) bond motifs is 1. The Kier molecular flexibility index (Phi) is 5.87. The van der Waals surface area contributed by atoms with Crippen molar-refractivity contribution < 1.29 is 27.5 Å². The summed E-state index contributed by atoms with van der Waals surface area (Å²) in [7, 11) is 1.73. The molecule has 172 valence electrons. The fourth-order valence-corrected chi connectivity index (χ4v) is 3.85. The van der Waals surface area contributed by atoms with E-state index in [1.54, 1.807) is 35.1 Å². The van der Waals surface area contributed by atoms with Crippen molar-refractivity contribution >= 4 is 17.6 Å². The summed E-state index contributed by atoms with van der Waals surface area (Å²) in [6.07, 6.45) is 1.41. The third-order valence-corrected chi connectivity index (χ3v) is 5.94. The molecule has 3 heterocycles. The van der Waals surface area contributed by atoms with Crippen molar-refractivity contribution in [1.29, 1.82) is 0 Å². The zero-order valence-electron chi connectivity index (χ0n) is 17.9. The van der Waals surface area contributed by atoms with Gasteiger partial charge in [-0.2, -0.15) is 13.2 Å². The Hall–Kier alpha value is -3.04. The molecule has 10 heteroatoms. The smallest absolute Gasteiger partial charge is 0.392 e. The average molecular weight is 450 g/mol. The number of allylic oxidation sites excluding steroid dienone is 2. The predicted octanol–water partition coefficient (Wildman–Crippen LogP) is 3.46. The highest BCUT2D eigenvalue weighted by atomic mass is 19.4. The topological polar surface area (TPSA) is 74.8 Å². The molecule has 1 aromatic rings. The van der Waals surface area contributed by atoms with Crippen LogP contribution < -0.4 is 5.32 Å². The van der Waals surface area contributed by atoms with Crippen molar-refractivity contribution in [3.63, 3.8) is 0 Å². The number of ether oxygens (including phenoxy) is 1. The zero-order chi connectivity index (χ0) is 23.0. The second-order valence-corrected chi connectivity index (χ2v) is 8.37. The fourth-order valence-electron chi connectivity index (χ4n) is 3.85. The predicted molar refractivity (Wildman–Crippen MR) is 110 cm³/mol. The van der Waals surface area contributed by atoms with Crippen LogP contribution in [-0.4, -0.2) is 59.0 Å². The molecular formula is C22H25F3N4O3. The number of carbonyl (C=O) groups excluding carboxylic acids is 2. The molecule has 32 heavy (non-hydrogen) atoms. The molecule has 1 fully saturated rings. The quantitative estimate of drug-likeness (QED) is 0.689. The summed E-state index contributed by atoms with van der Waals surface area (Å²) >= 11 is 0. The summed E-state index contributed by atoms with van der Waals surface area (Å²) in [6, 6.07) is 1.41. The maximum absolute atomic E-state index is 13.0. The molecule has 3 aliphatic rings. The third kappa shape index (κ3) is 4.73. The van der Waals surface area contributed by atoms with Crippen LogP contribution in [0.1, 0.15) is 42.1 Å². The van der Waals surface area contributed by atoms with Crippen LogP contribution in [0.5, 0.6) is 0 Å². The first kappa shape index (κ1) is 22.2. The molecule has 0 saturated heterocycles. The van der Waals surface area contributed by atoms with Gasteiger partial charge in [-0.1, -0.05) is 6.08 Å². The summed E-state index contributed by atoms with van der Waals surface area (Å²) in [5, 5.41) is 2.85. The van der Waals surface area contributed by atoms with Gasteiger partial charge in [0.25, 0.3) is 5.91 Å². The molecule has 0 radical (unpaired) electrons. The molecule has 1 aromatic heterocycles. The average Bonchev–Trinajstić information content (AvgIpc) is 3.52. The monoisotopic (exact) mass is 450 g/mol. The van der Waals surface area contributed by atoms with Crippen molar-refractivity contribution in [2.24, 2.45) is 5.92 Å². The lowest BCUT2D eigenvalue weighted by atomic mass is 10.0. The highest BCUT2D eigenvalue weighted by Crippen LogP contribution is 2.34. The molecule has 1 aliphatic carbocycles. The molecule has 1 atom stereocenters. The molecule has 0 spiro atoms. The van der Waals surface area contributed by atoms with Gasteiger partial charge in [-0.3, -0.25) is 9.59 Å². The first-order valence-electron chi connectivity index (χ1n) is 10.5. The molecule has 0 bridgehead atoms. The molecule has 1 unspecified atom stereocenters. The van der Waals surface area contributed by atoms with E-state index in [0.29, 0.717) is 35.9 Å². The zero-order valence-corrected chi connectivity index (χ0v) is 17.9. The summed E-state index contributed by atoms with van der Waals surface area (Å²) in [4.78, 5) is 32.9. The van der Waals surface area contributed by atoms with Crippen LogP contribution in [0.25, 0.3) is 0 Å². The Morgan fingerprint density at radius 2 is 2.06 bits per heavy atom. The van der Waals surface area contributed by atoms with Gasteiger partial charge in [0.05, 0.1) is 25.6 Å². The lowest BCUT2D eigenvalue weighted by Crippen LogP contribution is -2.39. The van der Waals surface area contributed by atoms with Gasteiger partial charge in [0.2, 0.25) is 5.91 Å². The van der Waals surface area contributed by atoms with Gasteiger partial charge >= 0.3 is 6.18 Å². The largest absolute Gasteiger partial charge is 0.479 e. The fraction of sp³-hybridized carbons (Fsp3) is 0.500. The normalized spacial score (nSPS) is 19.3. The number of nitrogens with one attached hydrogen (secondary N) is 1. The third-order valence-electron chi connectivity index (χ3n) is 5.94. The number of amides is 2. The van der Waals surface area contributed by atoms with Crippen LogP contribution in [0.15, 0.2) is 35.9 Å². The highest BCUT2D eigenvalue weighted by Gasteiger charge is 2.36. The SMILES string of the molecule is CC(C1=CC=C(OCCC(F)(F)F)N(C)C1)N1Cc2c(ccnc2NC(=O)C2CC2)C1=O. The van der Waals surface area contributed by atoms with E-state index >= 15 is 0 Å². The van der Waals surface area contributed by atoms with Crippen LogP contribution >= 0.6 is 0 Å². The molecule has 1 N–H and O–H groups in total. The lowest BCUT2D eigenvalue weighted by molar-refractivity contribution is -0.143. The van der Waals surface area contributed by atoms with Gasteiger partial charge < -0.3 is 19.9 Å². The van der Waals surface area contributed by atoms with Crippen molar-refractivity contribution in [3.05, 3.63) is 47.0 Å². The molecule has 1 saturated carbocycles. The van der Waals surface area contributed by atoms with Gasteiger partial charge in [0.15, 0.2) is 5.88 Å². The number of aromatic nitrogens is 1. The number of pyridine rings is 1. The Labute approximate surface area is 183 Å². The number of carbonyl (C=O) groups is 2. The number of alkyl halides is 3. The minimum absolute atomic E-state index is 0.0297. The van der Waals surface area contributed by atoms with Crippen LogP contribution in [0, 0.1) is 5.92 Å². The molecular weight excluding hydrogens is 425 g/mol. The minimum Gasteiger partial charge on any atom is -0.479 e. The van der Waals surface area contributed by atoms with Gasteiger partial charge in [0, 0.05) is 36.8 Å². The van der Waals surface area contributed by atoms with E-state index in [0.717, 1.165) is 18.4 Å². The number of likely N-dealkylation sites (N-methyl/N-ethyl adjacent to an activating group) is 1. The van der Waals surface area contributed by atoms with Gasteiger partial charge in [-0.05, 0) is 37.5 Å². The van der Waals surface area contributed by atoms with E-state index in [4.69, 9.17) is 4.74 Å². The molecule has 2 amide bonds. The summed E-state index contributed by atoms with van der Waals surface area (Å²) in [6.45, 7) is 2.20. The Morgan fingerprint density at radius 3 is 2.72 bits per heavy atom. The maximum Gasteiger partial charge on any atom is 0.392 e. The van der Waals surface area contributed by atoms with Crippen LogP contribution in [0.2, 0.25) is 0 Å². The van der Waals surface area contributed by atoms with Crippen molar-refractivity contribution in [3.8, 4) is 0 Å². The second kappa shape index (κ2) is 8.48. The van der Waals surface area contributed by atoms with E-state index in [2.05, 4.69) is 10.3 Å². The first-order valence-corrected chi connectivity index (χ1v) is 10.5. The second-order valence-electron chi connectivity index (χ2n) is 8.37. The maximum atomic E-state index is 13.0. The lowest BCUT2D eigenvalue weighted by Gasteiger charge is -2.33. The minimum atomic E-state index is -4.26. The van der Waals surface area contributed by atoms with Crippen LogP contribution in [0.4, 0.5) is 19.0 Å². The summed E-state index contributed by atoms with van der Waals surface area (Å²) in [5.74, 6) is 0.608. The van der Waals surface area contributed by atoms with E-state index in [1.165, 1.54) is 6.20 Å². The van der Waals surface area contributed by atoms with Crippen LogP contribution in [-0.2, 0) is 16.1 Å². The first-order chi connectivity index (χ1) is 15.1. The van der Waals surface area contributed by atoms with Crippen molar-refractivity contribution in [2.75, 3.05) is 25.5 Å². The number of anilines is 1. The van der Waals surface area contributed by atoms with E-state index < -0.39 is 19.2 Å². The number of halogens is 3. The number of hydrogen-bond acceptors (Lipinski definition) is 5. The Morgan fingerprint density at radius 1 is 1.31 bits per heavy atom. The number of nitrogens with zero attached hydrogens (tertiary/aromatic N) is 3.